The number of fused-ring (bicyclic) bond motifs is 1. The summed E-state index contributed by atoms with van der Waals surface area (Å²) in [5.74, 6) is 1.78. The molecule has 0 aliphatic rings. The zero-order valence-electron chi connectivity index (χ0n) is 14.3. The van der Waals surface area contributed by atoms with Gasteiger partial charge in [-0.2, -0.15) is 0 Å². The fraction of sp³-hybridized carbons (Fsp3) is 0.333. The molecule has 0 saturated carbocycles. The van der Waals surface area contributed by atoms with Crippen molar-refractivity contribution in [3.05, 3.63) is 47.8 Å². The molecule has 0 unspecified atom stereocenters. The van der Waals surface area contributed by atoms with Crippen molar-refractivity contribution in [2.24, 2.45) is 0 Å². The minimum atomic E-state index is 0. The Morgan fingerprint density at radius 1 is 1.16 bits per heavy atom. The summed E-state index contributed by atoms with van der Waals surface area (Å²) in [6.07, 6.45) is 1.89. The summed E-state index contributed by atoms with van der Waals surface area (Å²) in [6.45, 7) is 5.72. The summed E-state index contributed by atoms with van der Waals surface area (Å²) in [6, 6.07) is 10.2. The topological polar surface area (TPSA) is 50.8 Å². The van der Waals surface area contributed by atoms with Gasteiger partial charge in [-0.25, -0.2) is 4.98 Å². The number of pyridine rings is 1. The van der Waals surface area contributed by atoms with Gasteiger partial charge >= 0.3 is 0 Å². The molecule has 0 spiro atoms. The quantitative estimate of drug-likeness (QED) is 0.424. The van der Waals surface area contributed by atoms with Gasteiger partial charge < -0.3 is 9.72 Å². The second kappa shape index (κ2) is 10.1. The van der Waals surface area contributed by atoms with E-state index in [1.54, 1.807) is 11.8 Å². The lowest BCUT2D eigenvalue weighted by atomic mass is 10.2. The van der Waals surface area contributed by atoms with Crippen molar-refractivity contribution in [1.29, 1.82) is 0 Å². The van der Waals surface area contributed by atoms with Gasteiger partial charge in [-0.3, -0.25) is 4.98 Å². The second-order valence-electron chi connectivity index (χ2n) is 5.27. The summed E-state index contributed by atoms with van der Waals surface area (Å²) in [7, 11) is 0. The molecular formula is C18H22ClN3OS2. The van der Waals surface area contributed by atoms with E-state index in [1.165, 1.54) is 10.5 Å². The number of thioether (sulfide) groups is 2. The van der Waals surface area contributed by atoms with E-state index in [2.05, 4.69) is 27.9 Å². The molecule has 2 aromatic heterocycles. The lowest BCUT2D eigenvalue weighted by Crippen LogP contribution is -1.98. The average Bonchev–Trinajstić information content (AvgIpc) is 3.02. The third kappa shape index (κ3) is 5.38. The Bertz CT molecular complexity index is 777. The Balaban J connectivity index is 0.00000225. The van der Waals surface area contributed by atoms with Crippen molar-refractivity contribution in [2.75, 3.05) is 19.0 Å². The first-order valence-corrected chi connectivity index (χ1v) is 9.97. The maximum Gasteiger partial charge on any atom is 0.166 e. The third-order valence-electron chi connectivity index (χ3n) is 3.66. The molecule has 0 fully saturated rings. The molecule has 134 valence electrons. The Kier molecular flexibility index (Phi) is 8.09. The molecule has 0 amide bonds. The van der Waals surface area contributed by atoms with Gasteiger partial charge in [0.1, 0.15) is 0 Å². The minimum absolute atomic E-state index is 0. The first-order valence-electron chi connectivity index (χ1n) is 8.00. The molecular weight excluding hydrogens is 374 g/mol. The second-order valence-corrected chi connectivity index (χ2v) is 7.37. The van der Waals surface area contributed by atoms with E-state index in [1.807, 2.05) is 49.1 Å². The Morgan fingerprint density at radius 2 is 2.00 bits per heavy atom. The molecule has 0 aliphatic carbocycles. The molecule has 0 radical (unpaired) electrons. The van der Waals surface area contributed by atoms with Crippen LogP contribution in [0.2, 0.25) is 0 Å². The summed E-state index contributed by atoms with van der Waals surface area (Å²) < 4.78 is 5.41. The van der Waals surface area contributed by atoms with Gasteiger partial charge in [0, 0.05) is 29.2 Å². The molecule has 0 aliphatic heterocycles. The summed E-state index contributed by atoms with van der Waals surface area (Å²) in [5, 5.41) is 0.937. The number of aromatic amines is 1. The molecule has 3 rings (SSSR count). The van der Waals surface area contributed by atoms with Crippen LogP contribution >= 0.6 is 35.9 Å². The van der Waals surface area contributed by atoms with Crippen molar-refractivity contribution in [1.82, 2.24) is 15.0 Å². The van der Waals surface area contributed by atoms with Crippen molar-refractivity contribution in [3.63, 3.8) is 0 Å². The van der Waals surface area contributed by atoms with E-state index in [9.17, 15) is 0 Å². The van der Waals surface area contributed by atoms with Crippen LogP contribution in [0.4, 0.5) is 0 Å². The molecule has 1 N–H and O–H groups in total. The van der Waals surface area contributed by atoms with Gasteiger partial charge in [0.05, 0.1) is 23.3 Å². The molecule has 2 heterocycles. The molecule has 3 aromatic rings. The fourth-order valence-corrected chi connectivity index (χ4v) is 4.17. The smallest absolute Gasteiger partial charge is 0.166 e. The molecule has 25 heavy (non-hydrogen) atoms. The van der Waals surface area contributed by atoms with E-state index < -0.39 is 0 Å². The van der Waals surface area contributed by atoms with Crippen LogP contribution in [0.15, 0.2) is 46.6 Å². The van der Waals surface area contributed by atoms with Crippen LogP contribution in [-0.2, 0) is 10.5 Å². The number of hydrogen-bond acceptors (Lipinski definition) is 5. The van der Waals surface area contributed by atoms with Crippen LogP contribution in [0.3, 0.4) is 0 Å². The van der Waals surface area contributed by atoms with Crippen molar-refractivity contribution >= 4 is 47.0 Å². The zero-order chi connectivity index (χ0) is 16.8. The number of para-hydroxylation sites is 2. The maximum atomic E-state index is 5.41. The van der Waals surface area contributed by atoms with Gasteiger partial charge in [-0.15, -0.1) is 24.2 Å². The first kappa shape index (κ1) is 20.1. The average molecular weight is 396 g/mol. The maximum absolute atomic E-state index is 5.41. The summed E-state index contributed by atoms with van der Waals surface area (Å²) in [4.78, 5) is 13.8. The number of halogens is 1. The highest BCUT2D eigenvalue weighted by Gasteiger charge is 2.09. The number of benzene rings is 1. The van der Waals surface area contributed by atoms with E-state index in [0.29, 0.717) is 0 Å². The van der Waals surface area contributed by atoms with E-state index in [-0.39, 0.29) is 12.4 Å². The molecule has 0 saturated heterocycles. The first-order chi connectivity index (χ1) is 11.8. The van der Waals surface area contributed by atoms with Crippen molar-refractivity contribution in [2.45, 2.75) is 29.7 Å². The van der Waals surface area contributed by atoms with E-state index in [0.717, 1.165) is 46.6 Å². The van der Waals surface area contributed by atoms with Crippen molar-refractivity contribution in [3.8, 4) is 0 Å². The predicted octanol–water partition coefficient (Wildman–Crippen LogP) is 5.11. The van der Waals surface area contributed by atoms with Crippen molar-refractivity contribution < 1.29 is 4.74 Å². The number of rotatable bonds is 8. The highest BCUT2D eigenvalue weighted by Crippen LogP contribution is 2.28. The Morgan fingerprint density at radius 3 is 2.80 bits per heavy atom. The molecule has 1 aromatic carbocycles. The highest BCUT2D eigenvalue weighted by molar-refractivity contribution is 7.99. The van der Waals surface area contributed by atoms with Crippen LogP contribution in [0, 0.1) is 6.92 Å². The van der Waals surface area contributed by atoms with Gasteiger partial charge in [0.25, 0.3) is 0 Å². The molecule has 7 heteroatoms. The Hall–Kier alpha value is -1.21. The van der Waals surface area contributed by atoms with Gasteiger partial charge in [0.15, 0.2) is 5.16 Å². The number of aromatic nitrogens is 3. The number of imidazole rings is 1. The van der Waals surface area contributed by atoms with E-state index >= 15 is 0 Å². The lowest BCUT2D eigenvalue weighted by Gasteiger charge is -2.09. The minimum Gasteiger partial charge on any atom is -0.381 e. The standard InChI is InChI=1S/C18H21N3OS2.ClH/c1-3-22-10-11-23-17-8-9-19-16(13(17)2)12-24-18-20-14-6-4-5-7-15(14)21-18;/h4-9H,3,10-12H2,1-2H3,(H,20,21);1H. The predicted molar refractivity (Wildman–Crippen MR) is 109 cm³/mol. The Labute approximate surface area is 163 Å². The largest absolute Gasteiger partial charge is 0.381 e. The molecule has 0 bridgehead atoms. The SMILES string of the molecule is CCOCCSc1ccnc(CSc2nc3ccccc3[nH]2)c1C.Cl. The third-order valence-corrected chi connectivity index (χ3v) is 5.67. The van der Waals surface area contributed by atoms with Crippen LogP contribution in [0.5, 0.6) is 0 Å². The number of H-pyrrole nitrogens is 1. The summed E-state index contributed by atoms with van der Waals surface area (Å²) in [5.41, 5.74) is 4.44. The van der Waals surface area contributed by atoms with Crippen LogP contribution in [-0.4, -0.2) is 33.9 Å². The normalized spacial score (nSPS) is 10.8. The van der Waals surface area contributed by atoms with Gasteiger partial charge in [0.2, 0.25) is 0 Å². The van der Waals surface area contributed by atoms with Crippen LogP contribution < -0.4 is 0 Å². The molecule has 4 nitrogen and oxygen atoms in total. The lowest BCUT2D eigenvalue weighted by molar-refractivity contribution is 0.164. The number of ether oxygens (including phenoxy) is 1. The molecule has 0 atom stereocenters. The van der Waals surface area contributed by atoms with Gasteiger partial charge in [-0.1, -0.05) is 23.9 Å². The fourth-order valence-electron chi connectivity index (χ4n) is 2.35. The summed E-state index contributed by atoms with van der Waals surface area (Å²) >= 11 is 3.52. The number of nitrogens with zero attached hydrogens (tertiary/aromatic N) is 2. The van der Waals surface area contributed by atoms with Gasteiger partial charge in [-0.05, 0) is 37.6 Å². The number of hydrogen-bond donors (Lipinski definition) is 1. The van der Waals surface area contributed by atoms with E-state index in [4.69, 9.17) is 4.74 Å². The number of nitrogens with one attached hydrogen (secondary N) is 1. The van der Waals surface area contributed by atoms with Crippen LogP contribution in [0.1, 0.15) is 18.2 Å². The zero-order valence-corrected chi connectivity index (χ0v) is 16.8. The monoisotopic (exact) mass is 395 g/mol. The highest BCUT2D eigenvalue weighted by atomic mass is 35.5. The van der Waals surface area contributed by atoms with Crippen LogP contribution in [0.25, 0.3) is 11.0 Å².